The fraction of sp³-hybridized carbons (Fsp3) is 0.385. The molecule has 0 aromatic carbocycles. The van der Waals surface area contributed by atoms with Crippen molar-refractivity contribution < 1.29 is 17.7 Å². The number of hydrogen-bond acceptors (Lipinski definition) is 6. The van der Waals surface area contributed by atoms with Gasteiger partial charge in [0.15, 0.2) is 5.82 Å². The van der Waals surface area contributed by atoms with E-state index in [1.807, 2.05) is 6.92 Å². The smallest absolute Gasteiger partial charge is 0.250 e. The standard InChI is InChI=1S/C13H17N3O4S2/c1-4-10-5-6-12(21-10)22(18,19)16-9(3)13(17)14-11-7-8(2)20-15-11/h5-7,9,16H,4H2,1-3H3,(H,14,15,17)/t9-/m1/s1. The molecule has 0 fully saturated rings. The maximum Gasteiger partial charge on any atom is 0.250 e. The molecule has 0 aliphatic heterocycles. The van der Waals surface area contributed by atoms with E-state index in [0.29, 0.717) is 5.76 Å². The van der Waals surface area contributed by atoms with Crippen molar-refractivity contribution in [3.05, 3.63) is 28.8 Å². The predicted octanol–water partition coefficient (Wildman–Crippen LogP) is 1.91. The minimum atomic E-state index is -3.72. The number of carbonyl (C=O) groups excluding carboxylic acids is 1. The fourth-order valence-corrected chi connectivity index (χ4v) is 4.21. The van der Waals surface area contributed by atoms with Gasteiger partial charge in [0.25, 0.3) is 10.0 Å². The average Bonchev–Trinajstić information content (AvgIpc) is 3.07. The average molecular weight is 343 g/mol. The van der Waals surface area contributed by atoms with E-state index in [0.717, 1.165) is 11.3 Å². The van der Waals surface area contributed by atoms with Gasteiger partial charge in [0.2, 0.25) is 5.91 Å². The summed E-state index contributed by atoms with van der Waals surface area (Å²) in [6.45, 7) is 5.11. The van der Waals surface area contributed by atoms with Crippen LogP contribution in [0.5, 0.6) is 0 Å². The summed E-state index contributed by atoms with van der Waals surface area (Å²) in [5.41, 5.74) is 0. The highest BCUT2D eigenvalue weighted by molar-refractivity contribution is 7.91. The van der Waals surface area contributed by atoms with Crippen LogP contribution in [0.4, 0.5) is 5.82 Å². The molecule has 7 nitrogen and oxygen atoms in total. The Morgan fingerprint density at radius 1 is 1.45 bits per heavy atom. The van der Waals surface area contributed by atoms with E-state index >= 15 is 0 Å². The van der Waals surface area contributed by atoms with E-state index < -0.39 is 22.0 Å². The summed E-state index contributed by atoms with van der Waals surface area (Å²) >= 11 is 1.19. The van der Waals surface area contributed by atoms with Crippen molar-refractivity contribution in [2.45, 2.75) is 37.4 Å². The lowest BCUT2D eigenvalue weighted by Gasteiger charge is -2.12. The van der Waals surface area contributed by atoms with E-state index in [-0.39, 0.29) is 10.0 Å². The number of thiophene rings is 1. The van der Waals surface area contributed by atoms with Gasteiger partial charge < -0.3 is 9.84 Å². The number of aryl methyl sites for hydroxylation is 2. The van der Waals surface area contributed by atoms with Crippen molar-refractivity contribution in [1.82, 2.24) is 9.88 Å². The van der Waals surface area contributed by atoms with Gasteiger partial charge >= 0.3 is 0 Å². The molecule has 9 heteroatoms. The first kappa shape index (κ1) is 16.7. The number of nitrogens with zero attached hydrogens (tertiary/aromatic N) is 1. The van der Waals surface area contributed by atoms with E-state index in [2.05, 4.69) is 15.2 Å². The Balaban J connectivity index is 2.03. The van der Waals surface area contributed by atoms with Gasteiger partial charge in [-0.3, -0.25) is 4.79 Å². The molecular formula is C13H17N3O4S2. The van der Waals surface area contributed by atoms with Crippen molar-refractivity contribution >= 4 is 33.1 Å². The quantitative estimate of drug-likeness (QED) is 0.834. The number of rotatable bonds is 6. The highest BCUT2D eigenvalue weighted by Gasteiger charge is 2.24. The van der Waals surface area contributed by atoms with Crippen molar-refractivity contribution in [1.29, 1.82) is 0 Å². The molecule has 2 aromatic rings. The second-order valence-electron chi connectivity index (χ2n) is 4.73. The van der Waals surface area contributed by atoms with Gasteiger partial charge in [0.1, 0.15) is 9.97 Å². The molecular weight excluding hydrogens is 326 g/mol. The van der Waals surface area contributed by atoms with Gasteiger partial charge in [-0.25, -0.2) is 8.42 Å². The molecule has 1 atom stereocenters. The van der Waals surface area contributed by atoms with Gasteiger partial charge in [-0.05, 0) is 32.4 Å². The van der Waals surface area contributed by atoms with E-state index in [1.54, 1.807) is 19.1 Å². The highest BCUT2D eigenvalue weighted by Crippen LogP contribution is 2.22. The summed E-state index contributed by atoms with van der Waals surface area (Å²) in [7, 11) is -3.72. The Morgan fingerprint density at radius 2 is 2.18 bits per heavy atom. The Bertz CT molecular complexity index is 764. The number of sulfonamides is 1. The molecule has 2 heterocycles. The molecule has 0 aliphatic rings. The maximum atomic E-state index is 12.2. The molecule has 22 heavy (non-hydrogen) atoms. The Labute approximate surface area is 132 Å². The summed E-state index contributed by atoms with van der Waals surface area (Å²) in [6.07, 6.45) is 0.766. The SMILES string of the molecule is CCc1ccc(S(=O)(=O)N[C@H](C)C(=O)Nc2cc(C)on2)s1. The van der Waals surface area contributed by atoms with Crippen LogP contribution in [0.1, 0.15) is 24.5 Å². The second kappa shape index (κ2) is 6.59. The van der Waals surface area contributed by atoms with Crippen molar-refractivity contribution in [2.75, 3.05) is 5.32 Å². The normalized spacial score (nSPS) is 13.0. The van der Waals surface area contributed by atoms with Crippen LogP contribution >= 0.6 is 11.3 Å². The Hall–Kier alpha value is -1.71. The van der Waals surface area contributed by atoms with Crippen LogP contribution in [0.2, 0.25) is 0 Å². The van der Waals surface area contributed by atoms with Crippen LogP contribution < -0.4 is 10.0 Å². The van der Waals surface area contributed by atoms with Crippen molar-refractivity contribution in [3.8, 4) is 0 Å². The summed E-state index contributed by atoms with van der Waals surface area (Å²) in [5.74, 6) is 0.288. The Kier molecular flexibility index (Phi) is 4.99. The molecule has 0 bridgehead atoms. The van der Waals surface area contributed by atoms with Gasteiger partial charge in [0.05, 0.1) is 6.04 Å². The van der Waals surface area contributed by atoms with Gasteiger partial charge in [-0.2, -0.15) is 4.72 Å². The number of amides is 1. The number of nitrogens with one attached hydrogen (secondary N) is 2. The predicted molar refractivity (Wildman–Crippen MR) is 83.4 cm³/mol. The van der Waals surface area contributed by atoms with Gasteiger partial charge in [-0.1, -0.05) is 12.1 Å². The third kappa shape index (κ3) is 3.93. The molecule has 1 amide bonds. The highest BCUT2D eigenvalue weighted by atomic mass is 32.2. The molecule has 2 N–H and O–H groups in total. The molecule has 0 unspecified atom stereocenters. The minimum absolute atomic E-state index is 0.196. The molecule has 0 radical (unpaired) electrons. The first-order valence-corrected chi connectivity index (χ1v) is 8.97. The summed E-state index contributed by atoms with van der Waals surface area (Å²) in [6, 6.07) is 3.92. The molecule has 2 aromatic heterocycles. The lowest BCUT2D eigenvalue weighted by atomic mass is 10.3. The monoisotopic (exact) mass is 343 g/mol. The maximum absolute atomic E-state index is 12.2. The minimum Gasteiger partial charge on any atom is -0.360 e. The van der Waals surface area contributed by atoms with Gasteiger partial charge in [-0.15, -0.1) is 11.3 Å². The van der Waals surface area contributed by atoms with Crippen LogP contribution in [0.25, 0.3) is 0 Å². The fourth-order valence-electron chi connectivity index (χ4n) is 1.70. The number of carbonyl (C=O) groups is 1. The second-order valence-corrected chi connectivity index (χ2v) is 7.84. The van der Waals surface area contributed by atoms with Crippen LogP contribution in [0.15, 0.2) is 26.9 Å². The zero-order valence-electron chi connectivity index (χ0n) is 12.4. The largest absolute Gasteiger partial charge is 0.360 e. The Morgan fingerprint density at radius 3 is 2.73 bits per heavy atom. The molecule has 120 valence electrons. The summed E-state index contributed by atoms with van der Waals surface area (Å²) in [5, 5.41) is 6.11. The molecule has 2 rings (SSSR count). The lowest BCUT2D eigenvalue weighted by molar-refractivity contribution is -0.117. The van der Waals surface area contributed by atoms with E-state index in [4.69, 9.17) is 4.52 Å². The zero-order valence-corrected chi connectivity index (χ0v) is 14.0. The molecule has 0 spiro atoms. The topological polar surface area (TPSA) is 101 Å². The molecule has 0 saturated carbocycles. The molecule has 0 aliphatic carbocycles. The van der Waals surface area contributed by atoms with Crippen LogP contribution in [-0.2, 0) is 21.2 Å². The lowest BCUT2D eigenvalue weighted by Crippen LogP contribution is -2.41. The van der Waals surface area contributed by atoms with Crippen LogP contribution in [0, 0.1) is 6.92 Å². The van der Waals surface area contributed by atoms with E-state index in [1.165, 1.54) is 24.3 Å². The summed E-state index contributed by atoms with van der Waals surface area (Å²) < 4.78 is 31.8. The zero-order chi connectivity index (χ0) is 16.3. The first-order chi connectivity index (χ1) is 10.3. The number of anilines is 1. The third-order valence-electron chi connectivity index (χ3n) is 2.85. The van der Waals surface area contributed by atoms with Crippen LogP contribution in [-0.4, -0.2) is 25.5 Å². The summed E-state index contributed by atoms with van der Waals surface area (Å²) in [4.78, 5) is 12.9. The molecule has 0 saturated heterocycles. The number of hydrogen-bond donors (Lipinski definition) is 2. The third-order valence-corrected chi connectivity index (χ3v) is 6.12. The van der Waals surface area contributed by atoms with E-state index in [9.17, 15) is 13.2 Å². The van der Waals surface area contributed by atoms with Gasteiger partial charge in [0, 0.05) is 10.9 Å². The van der Waals surface area contributed by atoms with Crippen LogP contribution in [0.3, 0.4) is 0 Å². The first-order valence-electron chi connectivity index (χ1n) is 6.67. The number of aromatic nitrogens is 1. The van der Waals surface area contributed by atoms with Crippen molar-refractivity contribution in [3.63, 3.8) is 0 Å². The van der Waals surface area contributed by atoms with Crippen molar-refractivity contribution in [2.24, 2.45) is 0 Å².